The van der Waals surface area contributed by atoms with Gasteiger partial charge >= 0.3 is 0 Å². The van der Waals surface area contributed by atoms with Gasteiger partial charge in [0.05, 0.1) is 12.6 Å². The van der Waals surface area contributed by atoms with Gasteiger partial charge in [0.25, 0.3) is 0 Å². The fraction of sp³-hybridized carbons (Fsp3) is 0.294. The van der Waals surface area contributed by atoms with Crippen LogP contribution < -0.4 is 5.32 Å². The lowest BCUT2D eigenvalue weighted by Gasteiger charge is -2.19. The lowest BCUT2D eigenvalue weighted by Crippen LogP contribution is -2.18. The van der Waals surface area contributed by atoms with Crippen LogP contribution >= 0.6 is 38.5 Å². The zero-order valence-corrected chi connectivity index (χ0v) is 15.9. The summed E-state index contributed by atoms with van der Waals surface area (Å²) in [4.78, 5) is 0. The number of nitrogens with one attached hydrogen (secondary N) is 1. The third kappa shape index (κ3) is 4.52. The Balaban J connectivity index is 2.26. The molecule has 0 saturated carbocycles. The van der Waals surface area contributed by atoms with Gasteiger partial charge < -0.3 is 10.1 Å². The lowest BCUT2D eigenvalue weighted by molar-refractivity contribution is 0.202. The average molecular weight is 460 g/mol. The molecule has 2 nitrogen and oxygen atoms in total. The molecule has 0 aliphatic carbocycles. The Bertz CT molecular complexity index is 586. The minimum absolute atomic E-state index is 0.186. The second-order valence-electron chi connectivity index (χ2n) is 4.87. The monoisotopic (exact) mass is 459 g/mol. The van der Waals surface area contributed by atoms with E-state index in [2.05, 4.69) is 86.3 Å². The van der Waals surface area contributed by atoms with Gasteiger partial charge in [-0.25, -0.2) is 0 Å². The third-order valence-electron chi connectivity index (χ3n) is 3.47. The molecule has 2 aromatic carbocycles. The summed E-state index contributed by atoms with van der Waals surface area (Å²) in [5.74, 6) is 0. The van der Waals surface area contributed by atoms with Crippen LogP contribution in [0.2, 0.25) is 0 Å². The Morgan fingerprint density at radius 2 is 1.90 bits per heavy atom. The van der Waals surface area contributed by atoms with E-state index in [9.17, 15) is 0 Å². The summed E-state index contributed by atoms with van der Waals surface area (Å²) < 4.78 is 7.49. The molecule has 0 spiro atoms. The van der Waals surface area contributed by atoms with Crippen molar-refractivity contribution in [3.05, 3.63) is 67.2 Å². The van der Waals surface area contributed by atoms with Crippen molar-refractivity contribution >= 4 is 38.5 Å². The van der Waals surface area contributed by atoms with Crippen molar-refractivity contribution in [3.63, 3.8) is 0 Å². The summed E-state index contributed by atoms with van der Waals surface area (Å²) in [6.07, 6.45) is 0.952. The number of methoxy groups -OCH3 is 1. The molecule has 0 radical (unpaired) electrons. The van der Waals surface area contributed by atoms with Crippen molar-refractivity contribution in [2.45, 2.75) is 12.5 Å². The van der Waals surface area contributed by atoms with E-state index in [-0.39, 0.29) is 6.04 Å². The highest BCUT2D eigenvalue weighted by Crippen LogP contribution is 2.30. The molecule has 21 heavy (non-hydrogen) atoms. The fourth-order valence-corrected chi connectivity index (χ4v) is 3.33. The van der Waals surface area contributed by atoms with Gasteiger partial charge in [-0.15, -0.1) is 0 Å². The number of benzene rings is 2. The van der Waals surface area contributed by atoms with Gasteiger partial charge in [-0.2, -0.15) is 0 Å². The van der Waals surface area contributed by atoms with Crippen LogP contribution in [0.5, 0.6) is 0 Å². The largest absolute Gasteiger partial charge is 0.384 e. The molecule has 2 rings (SSSR count). The van der Waals surface area contributed by atoms with E-state index in [1.807, 2.05) is 7.05 Å². The van der Waals surface area contributed by atoms with Crippen LogP contribution in [0.15, 0.2) is 46.9 Å². The van der Waals surface area contributed by atoms with Gasteiger partial charge in [0.1, 0.15) is 0 Å². The van der Waals surface area contributed by atoms with Crippen molar-refractivity contribution < 1.29 is 4.74 Å². The van der Waals surface area contributed by atoms with Gasteiger partial charge in [-0.1, -0.05) is 40.2 Å². The summed E-state index contributed by atoms with van der Waals surface area (Å²) >= 11 is 6.01. The van der Waals surface area contributed by atoms with Gasteiger partial charge in [0.2, 0.25) is 0 Å². The molecule has 112 valence electrons. The van der Waals surface area contributed by atoms with E-state index in [0.717, 1.165) is 17.5 Å². The Labute approximate surface area is 148 Å². The quantitative estimate of drug-likeness (QED) is 0.639. The molecular weight excluding hydrogens is 441 g/mol. The molecule has 2 aromatic rings. The van der Waals surface area contributed by atoms with Crippen LogP contribution in [0.3, 0.4) is 0 Å². The second-order valence-corrected chi connectivity index (χ2v) is 6.97. The molecule has 1 unspecified atom stereocenters. The van der Waals surface area contributed by atoms with E-state index in [1.165, 1.54) is 20.3 Å². The molecule has 0 aliphatic rings. The van der Waals surface area contributed by atoms with E-state index in [1.54, 1.807) is 7.11 Å². The normalized spacial score (nSPS) is 12.4. The van der Waals surface area contributed by atoms with Crippen molar-refractivity contribution in [1.29, 1.82) is 0 Å². The minimum Gasteiger partial charge on any atom is -0.384 e. The maximum Gasteiger partial charge on any atom is 0.0585 e. The molecule has 0 bridgehead atoms. The zero-order valence-electron chi connectivity index (χ0n) is 12.2. The van der Waals surface area contributed by atoms with Crippen LogP contribution in [0.1, 0.15) is 22.7 Å². The maximum atomic E-state index is 5.12. The number of rotatable bonds is 6. The molecular formula is C17H19BrINO. The van der Waals surface area contributed by atoms with Crippen LogP contribution in [-0.2, 0) is 11.2 Å². The molecule has 0 aromatic heterocycles. The highest BCUT2D eigenvalue weighted by molar-refractivity contribution is 14.1. The molecule has 0 amide bonds. The standard InChI is InChI=1S/C17H19BrINO/c1-20-17(15-11-14(19)7-8-16(15)18)13-5-3-12(4-6-13)9-10-21-2/h3-8,11,17,20H,9-10H2,1-2H3. The fourth-order valence-electron chi connectivity index (χ4n) is 2.33. The molecule has 4 heteroatoms. The summed E-state index contributed by atoms with van der Waals surface area (Å²) in [6.45, 7) is 0.761. The summed E-state index contributed by atoms with van der Waals surface area (Å²) in [7, 11) is 3.73. The molecule has 0 aliphatic heterocycles. The highest BCUT2D eigenvalue weighted by atomic mass is 127. The number of hydrogen-bond donors (Lipinski definition) is 1. The number of hydrogen-bond acceptors (Lipinski definition) is 2. The van der Waals surface area contributed by atoms with Crippen LogP contribution in [0, 0.1) is 3.57 Å². The Morgan fingerprint density at radius 3 is 2.52 bits per heavy atom. The maximum absolute atomic E-state index is 5.12. The van der Waals surface area contributed by atoms with Crippen LogP contribution in [0.25, 0.3) is 0 Å². The van der Waals surface area contributed by atoms with Crippen LogP contribution in [0.4, 0.5) is 0 Å². The lowest BCUT2D eigenvalue weighted by atomic mass is 9.97. The third-order valence-corrected chi connectivity index (χ3v) is 4.86. The van der Waals surface area contributed by atoms with E-state index < -0.39 is 0 Å². The Kier molecular flexibility index (Phi) is 6.67. The highest BCUT2D eigenvalue weighted by Gasteiger charge is 2.15. The van der Waals surface area contributed by atoms with Crippen molar-refractivity contribution in [2.75, 3.05) is 20.8 Å². The van der Waals surface area contributed by atoms with Gasteiger partial charge in [0.15, 0.2) is 0 Å². The predicted octanol–water partition coefficient (Wildman–Crippen LogP) is 4.55. The van der Waals surface area contributed by atoms with E-state index >= 15 is 0 Å². The molecule has 0 heterocycles. The van der Waals surface area contributed by atoms with Gasteiger partial charge in [-0.05, 0) is 70.9 Å². The van der Waals surface area contributed by atoms with Crippen molar-refractivity contribution in [2.24, 2.45) is 0 Å². The topological polar surface area (TPSA) is 21.3 Å². The number of halogens is 2. The van der Waals surface area contributed by atoms with Crippen molar-refractivity contribution in [1.82, 2.24) is 5.32 Å². The Hall–Kier alpha value is -0.430. The van der Waals surface area contributed by atoms with E-state index in [4.69, 9.17) is 4.74 Å². The summed E-state index contributed by atoms with van der Waals surface area (Å²) in [5.41, 5.74) is 3.83. The van der Waals surface area contributed by atoms with E-state index in [0.29, 0.717) is 0 Å². The molecule has 0 saturated heterocycles. The molecule has 0 fully saturated rings. The summed E-state index contributed by atoms with van der Waals surface area (Å²) in [6, 6.07) is 15.4. The molecule has 1 atom stereocenters. The molecule has 1 N–H and O–H groups in total. The first-order valence-corrected chi connectivity index (χ1v) is 8.73. The Morgan fingerprint density at radius 1 is 1.19 bits per heavy atom. The SMILES string of the molecule is CNC(c1ccc(CCOC)cc1)c1cc(I)ccc1Br. The smallest absolute Gasteiger partial charge is 0.0585 e. The zero-order chi connectivity index (χ0) is 15.2. The second kappa shape index (κ2) is 8.27. The first kappa shape index (κ1) is 16.9. The first-order valence-electron chi connectivity index (χ1n) is 6.85. The number of ether oxygens (including phenoxy) is 1. The minimum atomic E-state index is 0.186. The van der Waals surface area contributed by atoms with Gasteiger partial charge in [-0.3, -0.25) is 0 Å². The first-order chi connectivity index (χ1) is 10.2. The van der Waals surface area contributed by atoms with Crippen LogP contribution in [-0.4, -0.2) is 20.8 Å². The summed E-state index contributed by atoms with van der Waals surface area (Å²) in [5, 5.41) is 3.41. The predicted molar refractivity (Wildman–Crippen MR) is 99.8 cm³/mol. The van der Waals surface area contributed by atoms with Crippen molar-refractivity contribution in [3.8, 4) is 0 Å². The van der Waals surface area contributed by atoms with Gasteiger partial charge in [0, 0.05) is 15.2 Å². The average Bonchev–Trinajstić information content (AvgIpc) is 2.50.